The zero-order valence-corrected chi connectivity index (χ0v) is 10.7. The molecule has 0 atom stereocenters. The van der Waals surface area contributed by atoms with Gasteiger partial charge in [-0.2, -0.15) is 4.73 Å². The molecule has 1 heterocycles. The number of carbonyl (C=O) groups excluding carboxylic acids is 1. The van der Waals surface area contributed by atoms with E-state index >= 15 is 0 Å². The van der Waals surface area contributed by atoms with E-state index in [-0.39, 0.29) is 17.0 Å². The number of ketones is 1. The van der Waals surface area contributed by atoms with E-state index in [4.69, 9.17) is 0 Å². The normalized spacial score (nSPS) is 17.8. The van der Waals surface area contributed by atoms with Crippen LogP contribution in [0.25, 0.3) is 0 Å². The van der Waals surface area contributed by atoms with Gasteiger partial charge in [0.25, 0.3) is 0 Å². The number of nitrogens with zero attached hydrogens (tertiary/aromatic N) is 4. The third kappa shape index (κ3) is 2.98. The SMILES string of the molecule is CN(C)C1=CC(=O)/C(=N/N=c2\ccccn2O)C=C1. The van der Waals surface area contributed by atoms with Gasteiger partial charge in [-0.05, 0) is 24.3 Å². The van der Waals surface area contributed by atoms with Gasteiger partial charge in [0.2, 0.25) is 5.78 Å². The van der Waals surface area contributed by atoms with Crippen LogP contribution in [0.15, 0.2) is 58.5 Å². The van der Waals surface area contributed by atoms with Gasteiger partial charge in [-0.25, -0.2) is 0 Å². The molecule has 0 saturated carbocycles. The molecule has 1 aromatic heterocycles. The van der Waals surface area contributed by atoms with Crippen LogP contribution in [0.1, 0.15) is 0 Å². The monoisotopic (exact) mass is 258 g/mol. The van der Waals surface area contributed by atoms with Gasteiger partial charge >= 0.3 is 0 Å². The molecule has 1 aliphatic rings. The molecule has 0 unspecified atom stereocenters. The molecule has 98 valence electrons. The van der Waals surface area contributed by atoms with Crippen molar-refractivity contribution >= 4 is 11.5 Å². The summed E-state index contributed by atoms with van der Waals surface area (Å²) in [5.74, 6) is -0.213. The second-order valence-electron chi connectivity index (χ2n) is 4.15. The van der Waals surface area contributed by atoms with Crippen molar-refractivity contribution in [2.24, 2.45) is 10.2 Å². The highest BCUT2D eigenvalue weighted by molar-refractivity contribution is 6.48. The van der Waals surface area contributed by atoms with E-state index in [0.29, 0.717) is 0 Å². The molecule has 0 amide bonds. The minimum atomic E-state index is -0.213. The van der Waals surface area contributed by atoms with Crippen molar-refractivity contribution in [3.63, 3.8) is 0 Å². The Hall–Kier alpha value is -2.63. The zero-order chi connectivity index (χ0) is 13.8. The van der Waals surface area contributed by atoms with Crippen LogP contribution in [0.5, 0.6) is 0 Å². The van der Waals surface area contributed by atoms with E-state index in [1.165, 1.54) is 12.3 Å². The van der Waals surface area contributed by atoms with Gasteiger partial charge in [-0.15, -0.1) is 10.2 Å². The molecule has 0 fully saturated rings. The maximum absolute atomic E-state index is 11.8. The molecule has 2 rings (SSSR count). The van der Waals surface area contributed by atoms with Gasteiger partial charge in [0.1, 0.15) is 5.71 Å². The van der Waals surface area contributed by atoms with Crippen LogP contribution < -0.4 is 5.49 Å². The fraction of sp³-hybridized carbons (Fsp3) is 0.154. The number of pyridine rings is 1. The Labute approximate surface area is 110 Å². The predicted octanol–water partition coefficient (Wildman–Crippen LogP) is 0.566. The zero-order valence-electron chi connectivity index (χ0n) is 10.7. The molecule has 1 aliphatic carbocycles. The fourth-order valence-electron chi connectivity index (χ4n) is 1.47. The lowest BCUT2D eigenvalue weighted by Crippen LogP contribution is -2.20. The lowest BCUT2D eigenvalue weighted by Gasteiger charge is -2.15. The molecule has 1 N–H and O–H groups in total. The van der Waals surface area contributed by atoms with Crippen LogP contribution in [0.4, 0.5) is 0 Å². The lowest BCUT2D eigenvalue weighted by molar-refractivity contribution is -0.108. The number of hydrogen-bond acceptors (Lipinski definition) is 5. The standard InChI is InChI=1S/C13H14N4O2/c1-16(2)10-6-7-11(12(18)9-10)14-15-13-5-3-4-8-17(13)19/h3-9,19H,1-2H3/b14-11+,15-13+. The van der Waals surface area contributed by atoms with Gasteiger partial charge in [0, 0.05) is 32.1 Å². The van der Waals surface area contributed by atoms with Crippen LogP contribution in [-0.4, -0.2) is 40.4 Å². The molecule has 0 radical (unpaired) electrons. The Kier molecular flexibility index (Phi) is 3.61. The van der Waals surface area contributed by atoms with E-state index in [1.54, 1.807) is 30.4 Å². The Bertz CT molecular complexity index is 651. The van der Waals surface area contributed by atoms with Gasteiger partial charge in [0.15, 0.2) is 5.49 Å². The maximum Gasteiger partial charge on any atom is 0.208 e. The number of aromatic nitrogens is 1. The van der Waals surface area contributed by atoms with Crippen LogP contribution >= 0.6 is 0 Å². The molecular weight excluding hydrogens is 244 g/mol. The molecule has 1 aromatic rings. The minimum absolute atomic E-state index is 0.213. The molecule has 6 nitrogen and oxygen atoms in total. The van der Waals surface area contributed by atoms with Gasteiger partial charge in [-0.1, -0.05) is 6.07 Å². The average Bonchev–Trinajstić information content (AvgIpc) is 2.39. The summed E-state index contributed by atoms with van der Waals surface area (Å²) in [5.41, 5.74) is 1.29. The number of likely N-dealkylation sites (N-methyl/N-ethyl adjacent to an activating group) is 1. The summed E-state index contributed by atoms with van der Waals surface area (Å²) in [6.45, 7) is 0. The molecular formula is C13H14N4O2. The molecule has 6 heteroatoms. The average molecular weight is 258 g/mol. The fourth-order valence-corrected chi connectivity index (χ4v) is 1.47. The topological polar surface area (TPSA) is 70.2 Å². The van der Waals surface area contributed by atoms with Crippen LogP contribution in [0.3, 0.4) is 0 Å². The third-order valence-electron chi connectivity index (χ3n) is 2.54. The van der Waals surface area contributed by atoms with E-state index < -0.39 is 0 Å². The Morgan fingerprint density at radius 2 is 2.00 bits per heavy atom. The molecule has 0 aliphatic heterocycles. The summed E-state index contributed by atoms with van der Waals surface area (Å²) in [6, 6.07) is 4.96. The molecule has 0 aromatic carbocycles. The maximum atomic E-state index is 11.8. The number of hydrogen-bond donors (Lipinski definition) is 1. The van der Waals surface area contributed by atoms with Crippen LogP contribution in [-0.2, 0) is 4.79 Å². The van der Waals surface area contributed by atoms with Crippen LogP contribution in [0, 0.1) is 0 Å². The van der Waals surface area contributed by atoms with Crippen molar-refractivity contribution in [2.75, 3.05) is 14.1 Å². The first-order valence-electron chi connectivity index (χ1n) is 5.68. The lowest BCUT2D eigenvalue weighted by atomic mass is 10.1. The Morgan fingerprint density at radius 1 is 1.21 bits per heavy atom. The summed E-state index contributed by atoms with van der Waals surface area (Å²) in [5, 5.41) is 17.1. The minimum Gasteiger partial charge on any atom is -0.427 e. The highest BCUT2D eigenvalue weighted by Gasteiger charge is 2.12. The summed E-state index contributed by atoms with van der Waals surface area (Å²) in [6.07, 6.45) is 6.31. The van der Waals surface area contributed by atoms with Crippen LogP contribution in [0.2, 0.25) is 0 Å². The summed E-state index contributed by atoms with van der Waals surface area (Å²) < 4.78 is 0.835. The number of carbonyl (C=O) groups is 1. The quantitative estimate of drug-likeness (QED) is 0.479. The van der Waals surface area contributed by atoms with E-state index in [0.717, 1.165) is 10.4 Å². The predicted molar refractivity (Wildman–Crippen MR) is 70.5 cm³/mol. The van der Waals surface area contributed by atoms with Crippen molar-refractivity contribution in [3.05, 3.63) is 53.8 Å². The first-order chi connectivity index (χ1) is 9.08. The summed E-state index contributed by atoms with van der Waals surface area (Å²) in [4.78, 5) is 13.6. The highest BCUT2D eigenvalue weighted by Crippen LogP contribution is 2.07. The van der Waals surface area contributed by atoms with Crippen molar-refractivity contribution in [2.45, 2.75) is 0 Å². The van der Waals surface area contributed by atoms with E-state index in [1.807, 2.05) is 19.0 Å². The van der Waals surface area contributed by atoms with Crippen molar-refractivity contribution in [1.82, 2.24) is 9.63 Å². The molecule has 19 heavy (non-hydrogen) atoms. The van der Waals surface area contributed by atoms with E-state index in [9.17, 15) is 10.0 Å². The number of rotatable bonds is 2. The second-order valence-corrected chi connectivity index (χ2v) is 4.15. The second kappa shape index (κ2) is 5.34. The van der Waals surface area contributed by atoms with Gasteiger partial charge in [-0.3, -0.25) is 4.79 Å². The van der Waals surface area contributed by atoms with Crippen molar-refractivity contribution in [3.8, 4) is 0 Å². The highest BCUT2D eigenvalue weighted by atomic mass is 16.5. The smallest absolute Gasteiger partial charge is 0.208 e. The van der Waals surface area contributed by atoms with Crippen molar-refractivity contribution < 1.29 is 10.0 Å². The first-order valence-corrected chi connectivity index (χ1v) is 5.68. The molecule has 0 saturated heterocycles. The largest absolute Gasteiger partial charge is 0.427 e. The summed E-state index contributed by atoms with van der Waals surface area (Å²) in [7, 11) is 3.71. The van der Waals surface area contributed by atoms with Gasteiger partial charge in [0.05, 0.1) is 0 Å². The first kappa shape index (κ1) is 12.8. The number of allylic oxidation sites excluding steroid dienone is 3. The molecule has 0 spiro atoms. The van der Waals surface area contributed by atoms with Crippen molar-refractivity contribution in [1.29, 1.82) is 0 Å². The third-order valence-corrected chi connectivity index (χ3v) is 2.54. The molecule has 0 bridgehead atoms. The van der Waals surface area contributed by atoms with E-state index in [2.05, 4.69) is 10.2 Å². The van der Waals surface area contributed by atoms with Gasteiger partial charge < -0.3 is 10.1 Å². The Morgan fingerprint density at radius 3 is 2.63 bits per heavy atom. The Balaban J connectivity index is 2.29. The summed E-state index contributed by atoms with van der Waals surface area (Å²) >= 11 is 0.